The Morgan fingerprint density at radius 3 is 1.79 bits per heavy atom. The number of ether oxygens (including phenoxy) is 2. The molecule has 0 aliphatic carbocycles. The molecule has 0 aliphatic heterocycles. The molecule has 3 rings (SSSR count). The van der Waals surface area contributed by atoms with Gasteiger partial charge in [0.05, 0.1) is 17.7 Å². The fourth-order valence-electron chi connectivity index (χ4n) is 2.63. The highest BCUT2D eigenvalue weighted by Gasteiger charge is 2.12. The largest absolute Gasteiger partial charge is 0.485 e. The molecule has 0 aromatic heterocycles. The van der Waals surface area contributed by atoms with Crippen molar-refractivity contribution in [2.45, 2.75) is 13.2 Å². The lowest BCUT2D eigenvalue weighted by atomic mass is 10.1. The van der Waals surface area contributed by atoms with E-state index < -0.39 is 0 Å². The van der Waals surface area contributed by atoms with Crippen LogP contribution < -0.4 is 9.47 Å². The maximum atomic E-state index is 9.46. The Hall–Kier alpha value is -4.02. The van der Waals surface area contributed by atoms with Crippen molar-refractivity contribution in [3.05, 3.63) is 101 Å². The smallest absolute Gasteiger partial charge is 0.163 e. The Labute approximate surface area is 164 Å². The van der Waals surface area contributed by atoms with Gasteiger partial charge in [0.15, 0.2) is 11.5 Å². The van der Waals surface area contributed by atoms with Crippen molar-refractivity contribution >= 4 is 6.08 Å². The zero-order valence-electron chi connectivity index (χ0n) is 15.2. The van der Waals surface area contributed by atoms with Crippen LogP contribution in [0.3, 0.4) is 0 Å². The van der Waals surface area contributed by atoms with Gasteiger partial charge < -0.3 is 9.47 Å². The summed E-state index contributed by atoms with van der Waals surface area (Å²) in [6.07, 6.45) is 2.93. The van der Waals surface area contributed by atoms with Crippen LogP contribution in [0.4, 0.5) is 0 Å². The number of nitrogens with zero attached hydrogens (tertiary/aromatic N) is 2. The second-order valence-corrected chi connectivity index (χ2v) is 6.01. The van der Waals surface area contributed by atoms with E-state index in [1.165, 1.54) is 6.08 Å². The van der Waals surface area contributed by atoms with Gasteiger partial charge in [0.25, 0.3) is 0 Å². The van der Waals surface area contributed by atoms with E-state index in [9.17, 15) is 5.26 Å². The molecule has 3 aromatic rings. The first-order valence-electron chi connectivity index (χ1n) is 8.78. The quantitative estimate of drug-likeness (QED) is 0.535. The lowest BCUT2D eigenvalue weighted by molar-refractivity contribution is 0.256. The molecule has 0 radical (unpaired) electrons. The Bertz CT molecular complexity index is 1030. The summed E-state index contributed by atoms with van der Waals surface area (Å²) in [6.45, 7) is 0.733. The molecule has 0 saturated heterocycles. The summed E-state index contributed by atoms with van der Waals surface area (Å²) < 4.78 is 11.9. The molecular weight excluding hydrogens is 348 g/mol. The van der Waals surface area contributed by atoms with E-state index in [1.807, 2.05) is 66.7 Å². The number of hydrogen-bond donors (Lipinski definition) is 0. The van der Waals surface area contributed by atoms with Gasteiger partial charge in [-0.3, -0.25) is 0 Å². The molecule has 4 nitrogen and oxygen atoms in total. The van der Waals surface area contributed by atoms with Gasteiger partial charge in [-0.25, -0.2) is 0 Å². The van der Waals surface area contributed by atoms with E-state index in [0.717, 1.165) is 11.1 Å². The Morgan fingerprint density at radius 1 is 0.750 bits per heavy atom. The molecule has 0 bridgehead atoms. The summed E-state index contributed by atoms with van der Waals surface area (Å²) in [6, 6.07) is 27.1. The second-order valence-electron chi connectivity index (χ2n) is 6.01. The topological polar surface area (TPSA) is 66.0 Å². The first-order chi connectivity index (χ1) is 13.8. The predicted octanol–water partition coefficient (Wildman–Crippen LogP) is 5.25. The van der Waals surface area contributed by atoms with Crippen LogP contribution in [0.5, 0.6) is 11.5 Å². The monoisotopic (exact) mass is 366 g/mol. The number of hydrogen-bond acceptors (Lipinski definition) is 4. The van der Waals surface area contributed by atoms with Gasteiger partial charge >= 0.3 is 0 Å². The highest BCUT2D eigenvalue weighted by molar-refractivity contribution is 5.64. The maximum Gasteiger partial charge on any atom is 0.163 e. The van der Waals surface area contributed by atoms with E-state index in [1.54, 1.807) is 18.2 Å². The van der Waals surface area contributed by atoms with E-state index in [2.05, 4.69) is 6.07 Å². The van der Waals surface area contributed by atoms with Crippen molar-refractivity contribution in [2.24, 2.45) is 0 Å². The highest BCUT2D eigenvalue weighted by Crippen LogP contribution is 2.33. The third kappa shape index (κ3) is 5.00. The summed E-state index contributed by atoms with van der Waals surface area (Å²) in [4.78, 5) is 0. The minimum Gasteiger partial charge on any atom is -0.485 e. The maximum absolute atomic E-state index is 9.46. The van der Waals surface area contributed by atoms with Crippen LogP contribution in [0.2, 0.25) is 0 Å². The van der Waals surface area contributed by atoms with Gasteiger partial charge in [0.2, 0.25) is 0 Å². The van der Waals surface area contributed by atoms with Crippen LogP contribution >= 0.6 is 0 Å². The molecule has 0 aliphatic rings. The first kappa shape index (κ1) is 18.8. The number of benzene rings is 3. The van der Waals surface area contributed by atoms with Crippen molar-refractivity contribution < 1.29 is 9.47 Å². The van der Waals surface area contributed by atoms with Crippen LogP contribution in [0.25, 0.3) is 6.08 Å². The molecule has 136 valence electrons. The molecule has 3 aromatic carbocycles. The normalized spacial score (nSPS) is 10.2. The van der Waals surface area contributed by atoms with Crippen molar-refractivity contribution in [3.63, 3.8) is 0 Å². The van der Waals surface area contributed by atoms with Crippen LogP contribution in [0.15, 0.2) is 78.9 Å². The van der Waals surface area contributed by atoms with Crippen molar-refractivity contribution in [1.29, 1.82) is 10.5 Å². The summed E-state index contributed by atoms with van der Waals surface area (Å²) in [5.41, 5.74) is 3.07. The fourth-order valence-corrected chi connectivity index (χ4v) is 2.63. The summed E-state index contributed by atoms with van der Waals surface area (Å²) in [5, 5.41) is 18.3. The molecule has 0 saturated carbocycles. The molecule has 28 heavy (non-hydrogen) atoms. The lowest BCUT2D eigenvalue weighted by Gasteiger charge is -2.15. The van der Waals surface area contributed by atoms with Gasteiger partial charge in [0.1, 0.15) is 13.2 Å². The van der Waals surface area contributed by atoms with Crippen LogP contribution in [-0.2, 0) is 13.2 Å². The third-order valence-electron chi connectivity index (χ3n) is 4.05. The lowest BCUT2D eigenvalue weighted by Crippen LogP contribution is -2.02. The molecule has 4 heteroatoms. The summed E-state index contributed by atoms with van der Waals surface area (Å²) in [5.74, 6) is 1.02. The van der Waals surface area contributed by atoms with Crippen LogP contribution in [0, 0.1) is 22.7 Å². The Morgan fingerprint density at radius 2 is 1.29 bits per heavy atom. The van der Waals surface area contributed by atoms with Gasteiger partial charge in [-0.2, -0.15) is 10.5 Å². The van der Waals surface area contributed by atoms with Gasteiger partial charge in [0, 0.05) is 12.1 Å². The molecule has 0 spiro atoms. The molecule has 0 unspecified atom stereocenters. The molecule has 0 heterocycles. The molecule has 0 atom stereocenters. The summed E-state index contributed by atoms with van der Waals surface area (Å²) >= 11 is 0. The van der Waals surface area contributed by atoms with Crippen molar-refractivity contribution in [1.82, 2.24) is 0 Å². The molecule has 0 N–H and O–H groups in total. The second kappa shape index (κ2) is 9.62. The van der Waals surface area contributed by atoms with Gasteiger partial charge in [-0.15, -0.1) is 0 Å². The zero-order valence-corrected chi connectivity index (χ0v) is 15.2. The standard InChI is InChI=1S/C24H18N2O2/c25-13-7-12-21-14-23(27-17-19-8-3-1-4-9-19)24(15-22(21)16-26)28-18-20-10-5-2-6-11-20/h1-12,14-15H,17-18H2. The third-order valence-corrected chi connectivity index (χ3v) is 4.05. The molecule has 0 amide bonds. The minimum atomic E-state index is 0.362. The molecular formula is C24H18N2O2. The Kier molecular flexibility index (Phi) is 6.44. The van der Waals surface area contributed by atoms with E-state index in [-0.39, 0.29) is 0 Å². The van der Waals surface area contributed by atoms with Gasteiger partial charge in [-0.05, 0) is 28.8 Å². The first-order valence-corrected chi connectivity index (χ1v) is 8.78. The minimum absolute atomic E-state index is 0.362. The average molecular weight is 366 g/mol. The van der Waals surface area contributed by atoms with E-state index >= 15 is 0 Å². The van der Waals surface area contributed by atoms with Crippen LogP contribution in [0.1, 0.15) is 22.3 Å². The molecule has 0 fully saturated rings. The predicted molar refractivity (Wildman–Crippen MR) is 107 cm³/mol. The Balaban J connectivity index is 1.89. The highest BCUT2D eigenvalue weighted by atomic mass is 16.5. The van der Waals surface area contributed by atoms with Crippen molar-refractivity contribution in [2.75, 3.05) is 0 Å². The van der Waals surface area contributed by atoms with Crippen molar-refractivity contribution in [3.8, 4) is 23.6 Å². The average Bonchev–Trinajstić information content (AvgIpc) is 2.76. The zero-order chi connectivity index (χ0) is 19.6. The number of allylic oxidation sites excluding steroid dienone is 1. The van der Waals surface area contributed by atoms with E-state index in [4.69, 9.17) is 14.7 Å². The summed E-state index contributed by atoms with van der Waals surface area (Å²) in [7, 11) is 0. The number of rotatable bonds is 7. The van der Waals surface area contributed by atoms with Crippen LogP contribution in [-0.4, -0.2) is 0 Å². The van der Waals surface area contributed by atoms with E-state index in [0.29, 0.717) is 35.8 Å². The fraction of sp³-hybridized carbons (Fsp3) is 0.0833. The number of nitriles is 2. The van der Waals surface area contributed by atoms with Gasteiger partial charge in [-0.1, -0.05) is 60.7 Å². The SMILES string of the molecule is N#CC=Cc1cc(OCc2ccccc2)c(OCc2ccccc2)cc1C#N.